The minimum Gasteiger partial charge on any atom is -0.493 e. The molecule has 7 heteroatoms. The summed E-state index contributed by atoms with van der Waals surface area (Å²) in [6, 6.07) is 14.8. The molecule has 0 bridgehead atoms. The van der Waals surface area contributed by atoms with Gasteiger partial charge in [0.2, 0.25) is 5.91 Å². The van der Waals surface area contributed by atoms with Crippen LogP contribution in [0.4, 0.5) is 5.82 Å². The third-order valence-electron chi connectivity index (χ3n) is 4.26. The lowest BCUT2D eigenvalue weighted by Crippen LogP contribution is -2.15. The fraction of sp³-hybridized carbons (Fsp3) is 0.238. The number of hydrogen-bond donors (Lipinski definition) is 1. The van der Waals surface area contributed by atoms with Crippen molar-refractivity contribution < 1.29 is 14.3 Å². The highest BCUT2D eigenvalue weighted by Crippen LogP contribution is 2.31. The first-order valence-corrected chi connectivity index (χ1v) is 9.22. The number of nitrogens with one attached hydrogen (secondary N) is 1. The Morgan fingerprint density at radius 2 is 1.93 bits per heavy atom. The van der Waals surface area contributed by atoms with Crippen molar-refractivity contribution in [2.75, 3.05) is 19.5 Å². The smallest absolute Gasteiger partial charge is 0.225 e. The highest BCUT2D eigenvalue weighted by Gasteiger charge is 2.14. The van der Waals surface area contributed by atoms with Crippen LogP contribution >= 0.6 is 11.6 Å². The van der Waals surface area contributed by atoms with Gasteiger partial charge in [-0.1, -0.05) is 29.8 Å². The molecule has 28 heavy (non-hydrogen) atoms. The van der Waals surface area contributed by atoms with Crippen LogP contribution in [-0.2, 0) is 11.2 Å². The van der Waals surface area contributed by atoms with Gasteiger partial charge in [-0.15, -0.1) is 0 Å². The van der Waals surface area contributed by atoms with E-state index in [2.05, 4.69) is 10.4 Å². The number of anilines is 1. The zero-order valence-corrected chi connectivity index (χ0v) is 16.8. The largest absolute Gasteiger partial charge is 0.493 e. The molecule has 1 heterocycles. The van der Waals surface area contributed by atoms with E-state index in [1.807, 2.05) is 43.3 Å². The van der Waals surface area contributed by atoms with E-state index in [0.717, 1.165) is 16.9 Å². The number of carbonyl (C=O) groups is 1. The number of benzene rings is 2. The number of halogens is 1. The van der Waals surface area contributed by atoms with Gasteiger partial charge in [0.25, 0.3) is 0 Å². The molecule has 0 saturated heterocycles. The molecule has 0 atom stereocenters. The van der Waals surface area contributed by atoms with Crippen molar-refractivity contribution in [1.29, 1.82) is 0 Å². The Bertz CT molecular complexity index is 985. The molecule has 1 N–H and O–H groups in total. The first-order valence-electron chi connectivity index (χ1n) is 8.84. The van der Waals surface area contributed by atoms with Gasteiger partial charge < -0.3 is 14.8 Å². The SMILES string of the molecule is COc1cccc(CCC(=O)Nc2cc(C)nn2-c2cccc(Cl)c2)c1OC. The van der Waals surface area contributed by atoms with E-state index in [9.17, 15) is 4.79 Å². The molecule has 3 rings (SSSR count). The van der Waals surface area contributed by atoms with Crippen molar-refractivity contribution >= 4 is 23.3 Å². The molecule has 1 aromatic heterocycles. The van der Waals surface area contributed by atoms with Gasteiger partial charge >= 0.3 is 0 Å². The number of rotatable bonds is 7. The Balaban J connectivity index is 1.73. The number of amides is 1. The first-order chi connectivity index (χ1) is 13.5. The number of para-hydroxylation sites is 1. The molecule has 0 spiro atoms. The molecule has 0 aliphatic heterocycles. The van der Waals surface area contributed by atoms with Crippen molar-refractivity contribution in [2.24, 2.45) is 0 Å². The second-order valence-electron chi connectivity index (χ2n) is 6.26. The Morgan fingerprint density at radius 1 is 1.14 bits per heavy atom. The highest BCUT2D eigenvalue weighted by molar-refractivity contribution is 6.30. The summed E-state index contributed by atoms with van der Waals surface area (Å²) in [6.45, 7) is 1.87. The molecule has 0 aliphatic rings. The number of aromatic nitrogens is 2. The van der Waals surface area contributed by atoms with E-state index < -0.39 is 0 Å². The molecule has 6 nitrogen and oxygen atoms in total. The lowest BCUT2D eigenvalue weighted by atomic mass is 10.1. The lowest BCUT2D eigenvalue weighted by Gasteiger charge is -2.13. The Labute approximate surface area is 169 Å². The predicted octanol–water partition coefficient (Wildman–Crippen LogP) is 4.42. The van der Waals surface area contributed by atoms with Crippen LogP contribution in [0.3, 0.4) is 0 Å². The number of hydrogen-bond acceptors (Lipinski definition) is 4. The van der Waals surface area contributed by atoms with E-state index in [-0.39, 0.29) is 5.91 Å². The molecule has 0 saturated carbocycles. The molecular weight excluding hydrogens is 378 g/mol. The maximum Gasteiger partial charge on any atom is 0.225 e. The monoisotopic (exact) mass is 399 g/mol. The lowest BCUT2D eigenvalue weighted by molar-refractivity contribution is -0.116. The summed E-state index contributed by atoms with van der Waals surface area (Å²) in [4.78, 5) is 12.5. The normalized spacial score (nSPS) is 10.6. The van der Waals surface area contributed by atoms with Crippen LogP contribution < -0.4 is 14.8 Å². The molecule has 2 aromatic carbocycles. The van der Waals surface area contributed by atoms with Crippen molar-refractivity contribution in [3.63, 3.8) is 0 Å². The molecular formula is C21H22ClN3O3. The second kappa shape index (κ2) is 8.80. The van der Waals surface area contributed by atoms with Gasteiger partial charge in [-0.2, -0.15) is 5.10 Å². The molecule has 3 aromatic rings. The van der Waals surface area contributed by atoms with E-state index in [0.29, 0.717) is 35.2 Å². The zero-order chi connectivity index (χ0) is 20.1. The van der Waals surface area contributed by atoms with Gasteiger partial charge in [-0.3, -0.25) is 4.79 Å². The average Bonchev–Trinajstić information content (AvgIpc) is 3.05. The van der Waals surface area contributed by atoms with Crippen molar-refractivity contribution in [1.82, 2.24) is 9.78 Å². The average molecular weight is 400 g/mol. The summed E-state index contributed by atoms with van der Waals surface area (Å²) >= 11 is 6.08. The number of carbonyl (C=O) groups excluding carboxylic acids is 1. The van der Waals surface area contributed by atoms with E-state index >= 15 is 0 Å². The van der Waals surface area contributed by atoms with Gasteiger partial charge in [0.05, 0.1) is 25.6 Å². The summed E-state index contributed by atoms with van der Waals surface area (Å²) in [6.07, 6.45) is 0.819. The second-order valence-corrected chi connectivity index (χ2v) is 6.70. The minimum absolute atomic E-state index is 0.118. The summed E-state index contributed by atoms with van der Waals surface area (Å²) < 4.78 is 12.4. The number of ether oxygens (including phenoxy) is 2. The van der Waals surface area contributed by atoms with Gasteiger partial charge in [-0.25, -0.2) is 4.68 Å². The van der Waals surface area contributed by atoms with Gasteiger partial charge in [0.15, 0.2) is 11.5 Å². The molecule has 0 radical (unpaired) electrons. The van der Waals surface area contributed by atoms with Gasteiger partial charge in [-0.05, 0) is 43.2 Å². The summed E-state index contributed by atoms with van der Waals surface area (Å²) in [7, 11) is 3.18. The maximum atomic E-state index is 12.5. The molecule has 0 fully saturated rings. The summed E-state index contributed by atoms with van der Waals surface area (Å²) in [5.41, 5.74) is 2.49. The number of methoxy groups -OCH3 is 2. The number of nitrogens with zero attached hydrogens (tertiary/aromatic N) is 2. The van der Waals surface area contributed by atoms with Crippen molar-refractivity contribution in [3.8, 4) is 17.2 Å². The van der Waals surface area contributed by atoms with E-state index in [1.165, 1.54) is 0 Å². The van der Waals surface area contributed by atoms with E-state index in [1.54, 1.807) is 31.0 Å². The molecule has 1 amide bonds. The third kappa shape index (κ3) is 4.46. The van der Waals surface area contributed by atoms with Crippen LogP contribution in [-0.4, -0.2) is 29.9 Å². The van der Waals surface area contributed by atoms with Crippen LogP contribution in [0.2, 0.25) is 5.02 Å². The maximum absolute atomic E-state index is 12.5. The Morgan fingerprint density at radius 3 is 2.64 bits per heavy atom. The highest BCUT2D eigenvalue weighted by atomic mass is 35.5. The summed E-state index contributed by atoms with van der Waals surface area (Å²) in [5.74, 6) is 1.78. The fourth-order valence-corrected chi connectivity index (χ4v) is 3.18. The summed E-state index contributed by atoms with van der Waals surface area (Å²) in [5, 5.41) is 7.99. The van der Waals surface area contributed by atoms with Gasteiger partial charge in [0, 0.05) is 17.5 Å². The van der Waals surface area contributed by atoms with Crippen LogP contribution in [0, 0.1) is 6.92 Å². The quantitative estimate of drug-likeness (QED) is 0.638. The Hall–Kier alpha value is -2.99. The standard InChI is InChI=1S/C21H22ClN3O3/c1-14-12-19(25(24-14)17-8-5-7-16(22)13-17)23-20(26)11-10-15-6-4-9-18(27-2)21(15)28-3/h4-9,12-13H,10-11H2,1-3H3,(H,23,26). The predicted molar refractivity (Wildman–Crippen MR) is 110 cm³/mol. The van der Waals surface area contributed by atoms with Crippen molar-refractivity contribution in [2.45, 2.75) is 19.8 Å². The molecule has 0 unspecified atom stereocenters. The van der Waals surface area contributed by atoms with Gasteiger partial charge in [0.1, 0.15) is 5.82 Å². The number of aryl methyl sites for hydroxylation is 2. The third-order valence-corrected chi connectivity index (χ3v) is 4.49. The van der Waals surface area contributed by atoms with Crippen LogP contribution in [0.15, 0.2) is 48.5 Å². The van der Waals surface area contributed by atoms with Crippen LogP contribution in [0.25, 0.3) is 5.69 Å². The first kappa shape index (κ1) is 19.8. The fourth-order valence-electron chi connectivity index (χ4n) is 3.00. The Kier molecular flexibility index (Phi) is 6.21. The van der Waals surface area contributed by atoms with Crippen molar-refractivity contribution in [3.05, 3.63) is 64.8 Å². The zero-order valence-electron chi connectivity index (χ0n) is 16.0. The minimum atomic E-state index is -0.118. The van der Waals surface area contributed by atoms with Crippen LogP contribution in [0.1, 0.15) is 17.7 Å². The van der Waals surface area contributed by atoms with Crippen LogP contribution in [0.5, 0.6) is 11.5 Å². The van der Waals surface area contributed by atoms with E-state index in [4.69, 9.17) is 21.1 Å². The molecule has 0 aliphatic carbocycles. The topological polar surface area (TPSA) is 65.4 Å². The molecule has 146 valence electrons.